The van der Waals surface area contributed by atoms with E-state index in [4.69, 9.17) is 28.9 Å². The third kappa shape index (κ3) is 2.45. The molecule has 0 aliphatic heterocycles. The first-order valence-electron chi connectivity index (χ1n) is 5.63. The van der Waals surface area contributed by atoms with Crippen LogP contribution in [0.15, 0.2) is 18.2 Å². The molecular weight excluding hydrogens is 243 g/mol. The molecule has 1 aliphatic carbocycles. The number of halogens is 2. The fourth-order valence-corrected chi connectivity index (χ4v) is 2.68. The Kier molecular flexibility index (Phi) is 3.95. The van der Waals surface area contributed by atoms with Crippen molar-refractivity contribution < 1.29 is 0 Å². The molecule has 0 bridgehead atoms. The van der Waals surface area contributed by atoms with Gasteiger partial charge in [-0.1, -0.05) is 35.7 Å². The quantitative estimate of drug-likeness (QED) is 0.871. The molecule has 1 fully saturated rings. The summed E-state index contributed by atoms with van der Waals surface area (Å²) in [6.45, 7) is 0.732. The van der Waals surface area contributed by atoms with E-state index < -0.39 is 0 Å². The van der Waals surface area contributed by atoms with Gasteiger partial charge in [-0.05, 0) is 37.4 Å². The molecule has 2 rings (SSSR count). The third-order valence-corrected chi connectivity index (χ3v) is 4.07. The second-order valence-electron chi connectivity index (χ2n) is 4.28. The van der Waals surface area contributed by atoms with Crippen molar-refractivity contribution in [3.8, 4) is 0 Å². The maximum Gasteiger partial charge on any atom is 0.0823 e. The molecule has 0 radical (unpaired) electrons. The molecule has 1 aromatic rings. The molecule has 2 atom stereocenters. The van der Waals surface area contributed by atoms with Gasteiger partial charge in [0.15, 0.2) is 0 Å². The van der Waals surface area contributed by atoms with E-state index in [-0.39, 0.29) is 0 Å². The molecule has 0 amide bonds. The summed E-state index contributed by atoms with van der Waals surface area (Å²) >= 11 is 12.1. The number of nitrogens with two attached hydrogens (primary N) is 1. The van der Waals surface area contributed by atoms with Crippen molar-refractivity contribution in [1.29, 1.82) is 0 Å². The Hall–Kier alpha value is -0.440. The number of benzene rings is 1. The van der Waals surface area contributed by atoms with Gasteiger partial charge in [0, 0.05) is 6.04 Å². The average molecular weight is 259 g/mol. The highest BCUT2D eigenvalue weighted by Gasteiger charge is 2.26. The summed E-state index contributed by atoms with van der Waals surface area (Å²) < 4.78 is 0. The molecule has 88 valence electrons. The van der Waals surface area contributed by atoms with E-state index in [1.807, 2.05) is 12.1 Å². The van der Waals surface area contributed by atoms with Gasteiger partial charge in [-0.25, -0.2) is 0 Å². The van der Waals surface area contributed by atoms with E-state index in [1.165, 1.54) is 12.8 Å². The number of hydrogen-bond donors (Lipinski definition) is 2. The first-order valence-corrected chi connectivity index (χ1v) is 6.38. The monoisotopic (exact) mass is 258 g/mol. The highest BCUT2D eigenvalue weighted by Crippen LogP contribution is 2.33. The summed E-state index contributed by atoms with van der Waals surface area (Å²) in [5, 5.41) is 4.65. The van der Waals surface area contributed by atoms with Crippen LogP contribution in [0.4, 0.5) is 5.69 Å². The number of hydrogen-bond acceptors (Lipinski definition) is 2. The molecule has 0 aromatic heterocycles. The first-order chi connectivity index (χ1) is 7.72. The second kappa shape index (κ2) is 5.26. The number of nitrogens with one attached hydrogen (secondary N) is 1. The smallest absolute Gasteiger partial charge is 0.0823 e. The van der Waals surface area contributed by atoms with Gasteiger partial charge >= 0.3 is 0 Å². The normalized spacial score (nSPS) is 24.7. The minimum absolute atomic E-state index is 0.431. The van der Waals surface area contributed by atoms with Crippen molar-refractivity contribution in [2.75, 3.05) is 11.9 Å². The Morgan fingerprint density at radius 3 is 2.88 bits per heavy atom. The zero-order valence-electron chi connectivity index (χ0n) is 9.05. The lowest BCUT2D eigenvalue weighted by molar-refractivity contribution is 0.516. The van der Waals surface area contributed by atoms with E-state index in [0.717, 1.165) is 18.7 Å². The van der Waals surface area contributed by atoms with Gasteiger partial charge in [0.2, 0.25) is 0 Å². The lowest BCUT2D eigenvalue weighted by Gasteiger charge is -2.21. The molecular formula is C12H16Cl2N2. The number of anilines is 1. The van der Waals surface area contributed by atoms with Crippen LogP contribution in [0.5, 0.6) is 0 Å². The van der Waals surface area contributed by atoms with E-state index in [2.05, 4.69) is 5.32 Å². The van der Waals surface area contributed by atoms with Crippen LogP contribution in [-0.4, -0.2) is 12.6 Å². The maximum atomic E-state index is 6.14. The largest absolute Gasteiger partial charge is 0.381 e. The van der Waals surface area contributed by atoms with Gasteiger partial charge in [-0.3, -0.25) is 0 Å². The Labute approximate surface area is 106 Å². The number of rotatable bonds is 3. The summed E-state index contributed by atoms with van der Waals surface area (Å²) in [5.74, 6) is 0.551. The summed E-state index contributed by atoms with van der Waals surface area (Å²) in [6.07, 6.45) is 3.59. The van der Waals surface area contributed by atoms with E-state index in [0.29, 0.717) is 22.0 Å². The van der Waals surface area contributed by atoms with Crippen LogP contribution < -0.4 is 11.1 Å². The molecule has 1 saturated carbocycles. The van der Waals surface area contributed by atoms with Gasteiger partial charge < -0.3 is 11.1 Å². The van der Waals surface area contributed by atoms with Crippen LogP contribution in [0, 0.1) is 5.92 Å². The van der Waals surface area contributed by atoms with Gasteiger partial charge in [0.05, 0.1) is 15.7 Å². The zero-order chi connectivity index (χ0) is 11.5. The first kappa shape index (κ1) is 12.0. The SMILES string of the molecule is NCC1CCCC1Nc1cccc(Cl)c1Cl. The van der Waals surface area contributed by atoms with Gasteiger partial charge in [0.1, 0.15) is 0 Å². The summed E-state index contributed by atoms with van der Waals surface area (Å²) in [4.78, 5) is 0. The summed E-state index contributed by atoms with van der Waals surface area (Å²) in [7, 11) is 0. The third-order valence-electron chi connectivity index (χ3n) is 3.25. The van der Waals surface area contributed by atoms with Gasteiger partial charge in [-0.2, -0.15) is 0 Å². The van der Waals surface area contributed by atoms with Crippen molar-refractivity contribution in [2.45, 2.75) is 25.3 Å². The average Bonchev–Trinajstić information content (AvgIpc) is 2.72. The summed E-state index contributed by atoms with van der Waals surface area (Å²) in [5.41, 5.74) is 6.66. The van der Waals surface area contributed by atoms with E-state index in [1.54, 1.807) is 6.07 Å². The highest BCUT2D eigenvalue weighted by molar-refractivity contribution is 6.43. The van der Waals surface area contributed by atoms with Crippen molar-refractivity contribution in [2.24, 2.45) is 11.7 Å². The van der Waals surface area contributed by atoms with Crippen molar-refractivity contribution in [1.82, 2.24) is 0 Å². The van der Waals surface area contributed by atoms with Crippen LogP contribution in [0.3, 0.4) is 0 Å². The second-order valence-corrected chi connectivity index (χ2v) is 5.06. The summed E-state index contributed by atoms with van der Waals surface area (Å²) in [6, 6.07) is 6.09. The standard InChI is InChI=1S/C12H16Cl2N2/c13-9-4-2-6-11(12(9)14)16-10-5-1-3-8(10)7-15/h2,4,6,8,10,16H,1,3,5,7,15H2. The zero-order valence-corrected chi connectivity index (χ0v) is 10.6. The molecule has 1 aliphatic rings. The Bertz CT molecular complexity index is 368. The predicted octanol–water partition coefficient (Wildman–Crippen LogP) is 3.53. The molecule has 3 N–H and O–H groups in total. The topological polar surface area (TPSA) is 38.0 Å². The minimum atomic E-state index is 0.431. The van der Waals surface area contributed by atoms with Crippen LogP contribution in [-0.2, 0) is 0 Å². The van der Waals surface area contributed by atoms with Crippen LogP contribution >= 0.6 is 23.2 Å². The van der Waals surface area contributed by atoms with Gasteiger partial charge in [0.25, 0.3) is 0 Å². The Balaban J connectivity index is 2.11. The molecule has 16 heavy (non-hydrogen) atoms. The van der Waals surface area contributed by atoms with E-state index >= 15 is 0 Å². The van der Waals surface area contributed by atoms with Crippen LogP contribution in [0.25, 0.3) is 0 Å². The Morgan fingerprint density at radius 2 is 2.12 bits per heavy atom. The highest BCUT2D eigenvalue weighted by atomic mass is 35.5. The molecule has 0 saturated heterocycles. The lowest BCUT2D eigenvalue weighted by Crippen LogP contribution is -2.29. The fourth-order valence-electron chi connectivity index (χ4n) is 2.32. The fraction of sp³-hybridized carbons (Fsp3) is 0.500. The van der Waals surface area contributed by atoms with Crippen LogP contribution in [0.2, 0.25) is 10.0 Å². The molecule has 4 heteroatoms. The van der Waals surface area contributed by atoms with Gasteiger partial charge in [-0.15, -0.1) is 0 Å². The van der Waals surface area contributed by atoms with Crippen LogP contribution in [0.1, 0.15) is 19.3 Å². The molecule has 1 aromatic carbocycles. The molecule has 0 heterocycles. The molecule has 2 unspecified atom stereocenters. The lowest BCUT2D eigenvalue weighted by atomic mass is 10.0. The van der Waals surface area contributed by atoms with Crippen molar-refractivity contribution >= 4 is 28.9 Å². The van der Waals surface area contributed by atoms with Crippen molar-refractivity contribution in [3.05, 3.63) is 28.2 Å². The molecule has 2 nitrogen and oxygen atoms in total. The predicted molar refractivity (Wildman–Crippen MR) is 70.3 cm³/mol. The van der Waals surface area contributed by atoms with Crippen molar-refractivity contribution in [3.63, 3.8) is 0 Å². The minimum Gasteiger partial charge on any atom is -0.381 e. The molecule has 0 spiro atoms. The maximum absolute atomic E-state index is 6.14. The van der Waals surface area contributed by atoms with E-state index in [9.17, 15) is 0 Å². The Morgan fingerprint density at radius 1 is 1.31 bits per heavy atom.